The Labute approximate surface area is 159 Å². The van der Waals surface area contributed by atoms with E-state index in [1.54, 1.807) is 4.90 Å². The van der Waals surface area contributed by atoms with E-state index in [1.165, 1.54) is 16.2 Å². The van der Waals surface area contributed by atoms with E-state index in [9.17, 15) is 9.59 Å². The van der Waals surface area contributed by atoms with E-state index in [0.717, 1.165) is 56.9 Å². The largest absolute Gasteiger partial charge is 0.360 e. The molecule has 1 aromatic carbocycles. The van der Waals surface area contributed by atoms with Crippen molar-refractivity contribution in [3.8, 4) is 0 Å². The summed E-state index contributed by atoms with van der Waals surface area (Å²) in [6.07, 6.45) is 4.39. The lowest BCUT2D eigenvalue weighted by Gasteiger charge is -2.35. The highest BCUT2D eigenvalue weighted by Gasteiger charge is 2.53. The van der Waals surface area contributed by atoms with Crippen molar-refractivity contribution in [3.63, 3.8) is 0 Å². The molecule has 0 atom stereocenters. The monoisotopic (exact) mass is 376 g/mol. The van der Waals surface area contributed by atoms with Crippen LogP contribution in [0.5, 0.6) is 0 Å². The first-order valence-corrected chi connectivity index (χ1v) is 10.1. The van der Waals surface area contributed by atoms with Crippen LogP contribution in [0.2, 0.25) is 5.02 Å². The molecule has 0 radical (unpaired) electrons. The summed E-state index contributed by atoms with van der Waals surface area (Å²) in [5.74, 6) is 0.137. The normalized spacial score (nSPS) is 23.5. The molecule has 0 aromatic heterocycles. The summed E-state index contributed by atoms with van der Waals surface area (Å²) in [5, 5.41) is 0.760. The summed E-state index contributed by atoms with van der Waals surface area (Å²) in [4.78, 5) is 30.5. The molecule has 6 heteroatoms. The third-order valence-corrected chi connectivity index (χ3v) is 6.65. The number of halogens is 1. The maximum Gasteiger partial charge on any atom is 0.240 e. The first-order chi connectivity index (χ1) is 12.5. The Hall–Kier alpha value is -1.59. The molecule has 1 saturated carbocycles. The van der Waals surface area contributed by atoms with Crippen molar-refractivity contribution in [2.75, 3.05) is 37.7 Å². The van der Waals surface area contributed by atoms with E-state index < -0.39 is 0 Å². The molecule has 26 heavy (non-hydrogen) atoms. The maximum atomic E-state index is 12.8. The summed E-state index contributed by atoms with van der Waals surface area (Å²) < 4.78 is 0. The van der Waals surface area contributed by atoms with Crippen molar-refractivity contribution in [3.05, 3.63) is 28.8 Å². The third-order valence-electron chi connectivity index (χ3n) is 6.41. The average Bonchev–Trinajstić information content (AvgIpc) is 3.19. The van der Waals surface area contributed by atoms with E-state index in [4.69, 9.17) is 11.6 Å². The number of amides is 2. The Morgan fingerprint density at radius 2 is 1.85 bits per heavy atom. The highest BCUT2D eigenvalue weighted by molar-refractivity contribution is 6.30. The number of quaternary nitrogens is 1. The Balaban J connectivity index is 1.38. The number of likely N-dealkylation sites (tertiary alicyclic amines) is 1. The molecule has 2 heterocycles. The lowest BCUT2D eigenvalue weighted by molar-refractivity contribution is -0.908. The molecular weight excluding hydrogens is 350 g/mol. The minimum Gasteiger partial charge on any atom is -0.360 e. The van der Waals surface area contributed by atoms with Crippen LogP contribution in [-0.4, -0.2) is 49.6 Å². The lowest BCUT2D eigenvalue weighted by Crippen LogP contribution is -3.16. The summed E-state index contributed by atoms with van der Waals surface area (Å²) in [7, 11) is 0. The van der Waals surface area contributed by atoms with E-state index >= 15 is 0 Å². The lowest BCUT2D eigenvalue weighted by atomic mass is 9.85. The summed E-state index contributed by atoms with van der Waals surface area (Å²) >= 11 is 6.16. The smallest absolute Gasteiger partial charge is 0.240 e. The van der Waals surface area contributed by atoms with Crippen LogP contribution >= 0.6 is 11.6 Å². The zero-order chi connectivity index (χ0) is 18.3. The Kier molecular flexibility index (Phi) is 4.70. The molecule has 1 aromatic rings. The topological polar surface area (TPSA) is 45.1 Å². The number of carbonyl (C=O) groups is 2. The number of benzene rings is 1. The number of aryl methyl sites for hydroxylation is 1. The predicted octanol–water partition coefficient (Wildman–Crippen LogP) is 1.63. The van der Waals surface area contributed by atoms with Crippen LogP contribution in [-0.2, 0) is 9.59 Å². The molecule has 1 N–H and O–H groups in total. The number of hydrogen-bond donors (Lipinski definition) is 1. The molecule has 2 amide bonds. The van der Waals surface area contributed by atoms with Crippen molar-refractivity contribution < 1.29 is 14.5 Å². The van der Waals surface area contributed by atoms with Crippen molar-refractivity contribution in [2.45, 2.75) is 39.0 Å². The molecule has 0 bridgehead atoms. The molecule has 3 aliphatic rings. The van der Waals surface area contributed by atoms with Gasteiger partial charge in [0.05, 0.1) is 31.6 Å². The number of hydrogen-bond acceptors (Lipinski definition) is 3. The number of anilines is 1. The Morgan fingerprint density at radius 3 is 2.54 bits per heavy atom. The Bertz CT molecular complexity index is 722. The number of carbonyl (C=O) groups excluding carboxylic acids is 2. The second-order valence-electron chi connectivity index (χ2n) is 8.12. The molecule has 5 nitrogen and oxygen atoms in total. The molecule has 3 fully saturated rings. The van der Waals surface area contributed by atoms with Gasteiger partial charge in [-0.05, 0) is 37.5 Å². The quantitative estimate of drug-likeness (QED) is 0.815. The second kappa shape index (κ2) is 6.86. The molecule has 2 aliphatic heterocycles. The third kappa shape index (κ3) is 3.12. The van der Waals surface area contributed by atoms with Gasteiger partial charge in [-0.3, -0.25) is 9.59 Å². The molecular formula is C20H27ClN3O2+. The van der Waals surface area contributed by atoms with Crippen LogP contribution in [0.3, 0.4) is 0 Å². The van der Waals surface area contributed by atoms with Gasteiger partial charge < -0.3 is 9.80 Å². The zero-order valence-corrected chi connectivity index (χ0v) is 16.1. The number of nitrogens with one attached hydrogen (secondary N) is 1. The summed E-state index contributed by atoms with van der Waals surface area (Å²) in [5.41, 5.74) is 2.07. The van der Waals surface area contributed by atoms with Crippen LogP contribution in [0.15, 0.2) is 18.2 Å². The van der Waals surface area contributed by atoms with E-state index in [0.29, 0.717) is 13.1 Å². The van der Waals surface area contributed by atoms with Gasteiger partial charge in [0.2, 0.25) is 11.8 Å². The van der Waals surface area contributed by atoms with Crippen LogP contribution in [0.4, 0.5) is 5.69 Å². The van der Waals surface area contributed by atoms with Gasteiger partial charge >= 0.3 is 0 Å². The van der Waals surface area contributed by atoms with Crippen molar-refractivity contribution in [1.29, 1.82) is 0 Å². The summed E-state index contributed by atoms with van der Waals surface area (Å²) in [6.45, 7) is 6.32. The fourth-order valence-electron chi connectivity index (χ4n) is 4.83. The standard InChI is InChI=1S/C20H26ClN3O2/c1-15-4-5-16(21)12-17(15)23-10-8-22(9-11-23)14-24-18(25)13-20(19(24)26)6-2-3-7-20/h4-5,12H,2-3,6-11,13-14H2,1H3/p+1. The second-order valence-corrected chi connectivity index (χ2v) is 8.55. The fourth-order valence-corrected chi connectivity index (χ4v) is 5.00. The maximum absolute atomic E-state index is 12.8. The first-order valence-electron chi connectivity index (χ1n) is 9.68. The van der Waals surface area contributed by atoms with Crippen LogP contribution in [0.25, 0.3) is 0 Å². The fraction of sp³-hybridized carbons (Fsp3) is 0.600. The van der Waals surface area contributed by atoms with Gasteiger partial charge in [0.1, 0.15) is 0 Å². The van der Waals surface area contributed by atoms with E-state index in [2.05, 4.69) is 17.9 Å². The van der Waals surface area contributed by atoms with E-state index in [1.807, 2.05) is 12.1 Å². The molecule has 1 spiro atoms. The SMILES string of the molecule is Cc1ccc(Cl)cc1N1CC[NH+](CN2C(=O)CC3(CCCC3)C2=O)CC1. The molecule has 2 saturated heterocycles. The van der Waals surface area contributed by atoms with Crippen LogP contribution in [0.1, 0.15) is 37.7 Å². The van der Waals surface area contributed by atoms with Crippen molar-refractivity contribution in [1.82, 2.24) is 4.90 Å². The summed E-state index contributed by atoms with van der Waals surface area (Å²) in [6, 6.07) is 6.00. The van der Waals surface area contributed by atoms with Gasteiger partial charge in [-0.15, -0.1) is 0 Å². The molecule has 4 rings (SSSR count). The van der Waals surface area contributed by atoms with Gasteiger partial charge in [-0.1, -0.05) is 30.5 Å². The minimum absolute atomic E-state index is 0.0394. The Morgan fingerprint density at radius 1 is 1.15 bits per heavy atom. The molecule has 0 unspecified atom stereocenters. The van der Waals surface area contributed by atoms with Gasteiger partial charge in [0, 0.05) is 17.1 Å². The van der Waals surface area contributed by atoms with Gasteiger partial charge in [-0.25, -0.2) is 4.90 Å². The number of rotatable bonds is 3. The number of piperazine rings is 1. The average molecular weight is 377 g/mol. The van der Waals surface area contributed by atoms with Crippen LogP contribution < -0.4 is 9.80 Å². The zero-order valence-electron chi connectivity index (χ0n) is 15.4. The van der Waals surface area contributed by atoms with Gasteiger partial charge in [0.15, 0.2) is 6.67 Å². The molecule has 1 aliphatic carbocycles. The van der Waals surface area contributed by atoms with Crippen molar-refractivity contribution in [2.24, 2.45) is 5.41 Å². The number of imide groups is 1. The van der Waals surface area contributed by atoms with Gasteiger partial charge in [-0.2, -0.15) is 0 Å². The highest BCUT2D eigenvalue weighted by atomic mass is 35.5. The minimum atomic E-state index is -0.351. The van der Waals surface area contributed by atoms with Gasteiger partial charge in [0.25, 0.3) is 0 Å². The number of nitrogens with zero attached hydrogens (tertiary/aromatic N) is 2. The van der Waals surface area contributed by atoms with Crippen LogP contribution in [0, 0.1) is 12.3 Å². The van der Waals surface area contributed by atoms with Crippen molar-refractivity contribution >= 4 is 29.1 Å². The predicted molar refractivity (Wildman–Crippen MR) is 101 cm³/mol. The first kappa shape index (κ1) is 17.8. The molecule has 140 valence electrons. The van der Waals surface area contributed by atoms with E-state index in [-0.39, 0.29) is 17.2 Å². The highest BCUT2D eigenvalue weighted by Crippen LogP contribution is 2.46.